The lowest BCUT2D eigenvalue weighted by atomic mass is 10.1. The Morgan fingerprint density at radius 1 is 1.06 bits per heavy atom. The second-order valence-electron chi connectivity index (χ2n) is 4.70. The van der Waals surface area contributed by atoms with Gasteiger partial charge in [-0.05, 0) is 37.1 Å². The first-order chi connectivity index (χ1) is 7.85. The molecular weight excluding hydrogens is 269 g/mol. The van der Waals surface area contributed by atoms with E-state index < -0.39 is 0 Å². The van der Waals surface area contributed by atoms with Crippen LogP contribution >= 0.6 is 24.8 Å². The Morgan fingerprint density at radius 2 is 1.61 bits per heavy atom. The molecule has 2 fully saturated rings. The number of benzene rings is 1. The van der Waals surface area contributed by atoms with Crippen molar-refractivity contribution < 1.29 is 0 Å². The molecule has 0 spiro atoms. The van der Waals surface area contributed by atoms with E-state index in [2.05, 4.69) is 28.4 Å². The summed E-state index contributed by atoms with van der Waals surface area (Å²) >= 11 is 0. The molecule has 3 rings (SSSR count). The molecule has 1 aromatic rings. The molecule has 2 bridgehead atoms. The van der Waals surface area contributed by atoms with Crippen molar-refractivity contribution in [2.45, 2.75) is 24.9 Å². The van der Waals surface area contributed by atoms with Gasteiger partial charge in [-0.2, -0.15) is 5.26 Å². The van der Waals surface area contributed by atoms with Crippen molar-refractivity contribution in [1.82, 2.24) is 5.32 Å². The van der Waals surface area contributed by atoms with Crippen LogP contribution in [0.3, 0.4) is 0 Å². The van der Waals surface area contributed by atoms with Gasteiger partial charge in [-0.1, -0.05) is 0 Å². The Hall–Kier alpha value is -0.950. The number of anilines is 1. The van der Waals surface area contributed by atoms with E-state index in [9.17, 15) is 0 Å². The Kier molecular flexibility index (Phi) is 5.28. The third-order valence-electron chi connectivity index (χ3n) is 3.58. The molecule has 98 valence electrons. The topological polar surface area (TPSA) is 39.1 Å². The lowest BCUT2D eigenvalue weighted by molar-refractivity contribution is 0.466. The summed E-state index contributed by atoms with van der Waals surface area (Å²) < 4.78 is 0. The lowest BCUT2D eigenvalue weighted by Gasteiger charge is -2.34. The maximum absolute atomic E-state index is 8.76. The number of nitrogens with zero attached hydrogens (tertiary/aromatic N) is 2. The van der Waals surface area contributed by atoms with Crippen molar-refractivity contribution in [2.75, 3.05) is 18.0 Å². The third kappa shape index (κ3) is 2.89. The molecule has 2 aliphatic heterocycles. The van der Waals surface area contributed by atoms with Gasteiger partial charge in [-0.3, -0.25) is 0 Å². The molecule has 0 aliphatic carbocycles. The molecule has 0 radical (unpaired) electrons. The van der Waals surface area contributed by atoms with Crippen LogP contribution < -0.4 is 10.2 Å². The molecule has 1 N–H and O–H groups in total. The number of nitrogens with one attached hydrogen (secondary N) is 1. The standard InChI is InChI=1S/C13H15N3.2ClH/c14-7-10-1-5-13(6-2-10)16-8-11-3-4-12(9-16)15-11;;/h1-2,5-6,11-12,15H,3-4,8-9H2;2*1H. The first-order valence-corrected chi connectivity index (χ1v) is 5.86. The van der Waals surface area contributed by atoms with E-state index in [0.29, 0.717) is 12.1 Å². The molecular formula is C13H17Cl2N3. The van der Waals surface area contributed by atoms with Crippen LogP contribution in [-0.2, 0) is 0 Å². The van der Waals surface area contributed by atoms with Crippen molar-refractivity contribution in [3.8, 4) is 6.07 Å². The number of rotatable bonds is 1. The molecule has 0 aromatic heterocycles. The zero-order valence-electron chi connectivity index (χ0n) is 10.0. The fourth-order valence-electron chi connectivity index (χ4n) is 2.75. The summed E-state index contributed by atoms with van der Waals surface area (Å²) in [6.45, 7) is 2.20. The van der Waals surface area contributed by atoms with Gasteiger partial charge < -0.3 is 10.2 Å². The van der Waals surface area contributed by atoms with Crippen LogP contribution in [0.1, 0.15) is 18.4 Å². The highest BCUT2D eigenvalue weighted by molar-refractivity contribution is 5.85. The van der Waals surface area contributed by atoms with E-state index in [-0.39, 0.29) is 24.8 Å². The maximum atomic E-state index is 8.76. The van der Waals surface area contributed by atoms with Crippen LogP contribution in [-0.4, -0.2) is 25.2 Å². The molecule has 2 heterocycles. The lowest BCUT2D eigenvalue weighted by Crippen LogP contribution is -2.51. The van der Waals surface area contributed by atoms with Gasteiger partial charge in [0.05, 0.1) is 11.6 Å². The summed E-state index contributed by atoms with van der Waals surface area (Å²) in [5.41, 5.74) is 1.99. The van der Waals surface area contributed by atoms with Crippen molar-refractivity contribution in [2.24, 2.45) is 0 Å². The number of fused-ring (bicyclic) bond motifs is 2. The molecule has 18 heavy (non-hydrogen) atoms. The number of halogens is 2. The summed E-state index contributed by atoms with van der Waals surface area (Å²) in [5, 5.41) is 12.4. The molecule has 0 saturated carbocycles. The second-order valence-corrected chi connectivity index (χ2v) is 4.70. The molecule has 2 aliphatic rings. The van der Waals surface area contributed by atoms with Gasteiger partial charge in [0.25, 0.3) is 0 Å². The first kappa shape index (κ1) is 15.1. The Balaban J connectivity index is 0.000000810. The van der Waals surface area contributed by atoms with Gasteiger partial charge in [-0.25, -0.2) is 0 Å². The summed E-state index contributed by atoms with van der Waals surface area (Å²) in [4.78, 5) is 2.43. The van der Waals surface area contributed by atoms with E-state index in [1.54, 1.807) is 0 Å². The highest BCUT2D eigenvalue weighted by atomic mass is 35.5. The van der Waals surface area contributed by atoms with Crippen molar-refractivity contribution in [1.29, 1.82) is 5.26 Å². The first-order valence-electron chi connectivity index (χ1n) is 5.86. The van der Waals surface area contributed by atoms with E-state index in [1.165, 1.54) is 18.5 Å². The minimum Gasteiger partial charge on any atom is -0.368 e. The van der Waals surface area contributed by atoms with Gasteiger partial charge in [0.1, 0.15) is 0 Å². The Labute approximate surface area is 120 Å². The van der Waals surface area contributed by atoms with Crippen molar-refractivity contribution in [3.05, 3.63) is 29.8 Å². The molecule has 2 unspecified atom stereocenters. The molecule has 2 saturated heterocycles. The van der Waals surface area contributed by atoms with E-state index in [4.69, 9.17) is 5.26 Å². The van der Waals surface area contributed by atoms with Gasteiger partial charge in [0.15, 0.2) is 0 Å². The van der Waals surface area contributed by atoms with Gasteiger partial charge in [0.2, 0.25) is 0 Å². The highest BCUT2D eigenvalue weighted by Crippen LogP contribution is 2.25. The normalized spacial score (nSPS) is 24.7. The average Bonchev–Trinajstić information content (AvgIpc) is 2.68. The van der Waals surface area contributed by atoms with Crippen LogP contribution in [0.4, 0.5) is 5.69 Å². The van der Waals surface area contributed by atoms with Crippen molar-refractivity contribution in [3.63, 3.8) is 0 Å². The minimum atomic E-state index is 0. The zero-order chi connectivity index (χ0) is 11.0. The molecule has 0 amide bonds. The van der Waals surface area contributed by atoms with E-state index >= 15 is 0 Å². The summed E-state index contributed by atoms with van der Waals surface area (Å²) in [5.74, 6) is 0. The molecule has 3 nitrogen and oxygen atoms in total. The minimum absolute atomic E-state index is 0. The van der Waals surface area contributed by atoms with Crippen LogP contribution in [0.5, 0.6) is 0 Å². The summed E-state index contributed by atoms with van der Waals surface area (Å²) in [6, 6.07) is 11.4. The summed E-state index contributed by atoms with van der Waals surface area (Å²) in [7, 11) is 0. The number of nitriles is 1. The third-order valence-corrected chi connectivity index (χ3v) is 3.58. The monoisotopic (exact) mass is 285 g/mol. The van der Waals surface area contributed by atoms with E-state index in [0.717, 1.165) is 18.7 Å². The number of hydrogen-bond acceptors (Lipinski definition) is 3. The number of piperazine rings is 1. The highest BCUT2D eigenvalue weighted by Gasteiger charge is 2.31. The second kappa shape index (κ2) is 6.29. The zero-order valence-corrected chi connectivity index (χ0v) is 11.6. The van der Waals surface area contributed by atoms with Crippen molar-refractivity contribution >= 4 is 30.5 Å². The Morgan fingerprint density at radius 3 is 2.11 bits per heavy atom. The molecule has 2 atom stereocenters. The Bertz CT molecular complexity index is 415. The maximum Gasteiger partial charge on any atom is 0.0991 e. The molecule has 5 heteroatoms. The average molecular weight is 286 g/mol. The summed E-state index contributed by atoms with van der Waals surface area (Å²) in [6.07, 6.45) is 2.61. The van der Waals surface area contributed by atoms with Crippen LogP contribution in [0.2, 0.25) is 0 Å². The quantitative estimate of drug-likeness (QED) is 0.861. The smallest absolute Gasteiger partial charge is 0.0991 e. The molecule has 1 aromatic carbocycles. The fraction of sp³-hybridized carbons (Fsp3) is 0.462. The van der Waals surface area contributed by atoms with Gasteiger partial charge in [0, 0.05) is 30.9 Å². The predicted octanol–water partition coefficient (Wildman–Crippen LogP) is 2.34. The van der Waals surface area contributed by atoms with Crippen LogP contribution in [0, 0.1) is 11.3 Å². The van der Waals surface area contributed by atoms with Gasteiger partial charge in [-0.15, -0.1) is 24.8 Å². The fourth-order valence-corrected chi connectivity index (χ4v) is 2.75. The van der Waals surface area contributed by atoms with Crippen LogP contribution in [0.15, 0.2) is 24.3 Å². The number of hydrogen-bond donors (Lipinski definition) is 1. The predicted molar refractivity (Wildman–Crippen MR) is 77.8 cm³/mol. The largest absolute Gasteiger partial charge is 0.368 e. The SMILES string of the molecule is Cl.Cl.N#Cc1ccc(N2CC3CCC(C2)N3)cc1. The van der Waals surface area contributed by atoms with E-state index in [1.807, 2.05) is 12.1 Å². The van der Waals surface area contributed by atoms with Gasteiger partial charge >= 0.3 is 0 Å². The van der Waals surface area contributed by atoms with Crippen LogP contribution in [0.25, 0.3) is 0 Å².